The Labute approximate surface area is 202 Å². The van der Waals surface area contributed by atoms with Crippen LogP contribution in [0.3, 0.4) is 0 Å². The first kappa shape index (κ1) is 24.4. The average molecular weight is 490 g/mol. The van der Waals surface area contributed by atoms with E-state index in [0.717, 1.165) is 18.0 Å². The van der Waals surface area contributed by atoms with Crippen LogP contribution in [0.25, 0.3) is 0 Å². The number of thiophene rings is 1. The van der Waals surface area contributed by atoms with Crippen LogP contribution in [-0.2, 0) is 33.7 Å². The normalized spacial score (nSPS) is 17.5. The highest BCUT2D eigenvalue weighted by Crippen LogP contribution is 2.25. The molecule has 2 aromatic rings. The number of nitrogens with zero attached hydrogens (tertiary/aromatic N) is 3. The van der Waals surface area contributed by atoms with Gasteiger partial charge in [0.1, 0.15) is 11.3 Å². The van der Waals surface area contributed by atoms with Crippen molar-refractivity contribution in [2.24, 2.45) is 0 Å². The third-order valence-corrected chi connectivity index (χ3v) is 7.37. The highest BCUT2D eigenvalue weighted by molar-refractivity contribution is 7.09. The number of hydrogen-bond donors (Lipinski definition) is 0. The number of esters is 1. The molecule has 9 nitrogen and oxygen atoms in total. The van der Waals surface area contributed by atoms with Crippen LogP contribution < -0.4 is 10.3 Å². The van der Waals surface area contributed by atoms with Gasteiger partial charge in [-0.1, -0.05) is 6.07 Å². The van der Waals surface area contributed by atoms with Gasteiger partial charge in [-0.25, -0.2) is 4.79 Å². The summed E-state index contributed by atoms with van der Waals surface area (Å²) in [5.41, 5.74) is 0.577. The summed E-state index contributed by atoms with van der Waals surface area (Å²) in [6, 6.07) is 5.09. The Morgan fingerprint density at radius 3 is 2.68 bits per heavy atom. The summed E-state index contributed by atoms with van der Waals surface area (Å²) in [7, 11) is 1.32. The molecule has 2 aliphatic rings. The Hall–Kier alpha value is -2.69. The van der Waals surface area contributed by atoms with Crippen LogP contribution in [0, 0.1) is 0 Å². The molecule has 1 fully saturated rings. The molecular formula is C24H31N3O6S. The predicted molar refractivity (Wildman–Crippen MR) is 128 cm³/mol. The molecule has 0 aliphatic carbocycles. The van der Waals surface area contributed by atoms with Crippen molar-refractivity contribution in [2.75, 3.05) is 53.1 Å². The molecule has 0 saturated carbocycles. The van der Waals surface area contributed by atoms with Crippen molar-refractivity contribution in [2.45, 2.75) is 32.4 Å². The first-order chi connectivity index (χ1) is 16.5. The molecule has 0 N–H and O–H groups in total. The zero-order chi connectivity index (χ0) is 24.1. The number of hydrogen-bond acceptors (Lipinski definition) is 8. The molecule has 0 aromatic carbocycles. The number of methoxy groups -OCH3 is 1. The van der Waals surface area contributed by atoms with Crippen LogP contribution in [0.1, 0.15) is 27.9 Å². The summed E-state index contributed by atoms with van der Waals surface area (Å²) >= 11 is 1.63. The standard InChI is InChI=1S/C24H31N3O6S/c1-17(25-10-13-32-14-11-25)23(29)26-7-5-19-22(24(30)31-2)20(16-21(28)27(19)9-8-26)33-12-6-18-4-3-15-34-18/h3-4,15-17H,5-14H2,1-2H3. The Balaban J connectivity index is 1.53. The summed E-state index contributed by atoms with van der Waals surface area (Å²) in [4.78, 5) is 44.0. The summed E-state index contributed by atoms with van der Waals surface area (Å²) < 4.78 is 17.9. The Morgan fingerprint density at radius 1 is 1.18 bits per heavy atom. The lowest BCUT2D eigenvalue weighted by molar-refractivity contribution is -0.138. The molecule has 184 valence electrons. The molecule has 2 aromatic heterocycles. The second kappa shape index (κ2) is 11.2. The molecule has 1 amide bonds. The first-order valence-electron chi connectivity index (χ1n) is 11.6. The Morgan fingerprint density at radius 2 is 1.97 bits per heavy atom. The quantitative estimate of drug-likeness (QED) is 0.544. The highest BCUT2D eigenvalue weighted by Gasteiger charge is 2.31. The van der Waals surface area contributed by atoms with E-state index < -0.39 is 5.97 Å². The van der Waals surface area contributed by atoms with Crippen LogP contribution in [-0.4, -0.2) is 85.4 Å². The third-order valence-electron chi connectivity index (χ3n) is 6.43. The molecule has 4 heterocycles. The third kappa shape index (κ3) is 5.34. The highest BCUT2D eigenvalue weighted by atomic mass is 32.1. The molecule has 4 rings (SSSR count). The first-order valence-corrected chi connectivity index (χ1v) is 12.5. The molecule has 0 spiro atoms. The fraction of sp³-hybridized carbons (Fsp3) is 0.542. The fourth-order valence-corrected chi connectivity index (χ4v) is 5.20. The van der Waals surface area contributed by atoms with Crippen molar-refractivity contribution in [1.29, 1.82) is 0 Å². The van der Waals surface area contributed by atoms with Gasteiger partial charge in [0.05, 0.1) is 33.0 Å². The maximum atomic E-state index is 13.2. The minimum Gasteiger partial charge on any atom is -0.492 e. The molecule has 2 aliphatic heterocycles. The van der Waals surface area contributed by atoms with Gasteiger partial charge >= 0.3 is 5.97 Å². The molecule has 1 atom stereocenters. The fourth-order valence-electron chi connectivity index (χ4n) is 4.51. The van der Waals surface area contributed by atoms with E-state index in [1.54, 1.807) is 20.8 Å². The molecule has 1 unspecified atom stereocenters. The number of ether oxygens (including phenoxy) is 3. The van der Waals surface area contributed by atoms with E-state index in [9.17, 15) is 14.4 Å². The topological polar surface area (TPSA) is 90.3 Å². The van der Waals surface area contributed by atoms with Gasteiger partial charge in [-0.15, -0.1) is 11.3 Å². The van der Waals surface area contributed by atoms with Crippen molar-refractivity contribution in [3.05, 3.63) is 50.1 Å². The zero-order valence-corrected chi connectivity index (χ0v) is 20.5. The van der Waals surface area contributed by atoms with E-state index in [0.29, 0.717) is 58.0 Å². The second-order valence-corrected chi connectivity index (χ2v) is 9.42. The van der Waals surface area contributed by atoms with Crippen molar-refractivity contribution in [3.8, 4) is 5.75 Å². The Kier molecular flexibility index (Phi) is 8.02. The van der Waals surface area contributed by atoms with E-state index in [-0.39, 0.29) is 28.8 Å². The second-order valence-electron chi connectivity index (χ2n) is 8.39. The lowest BCUT2D eigenvalue weighted by atomic mass is 10.1. The van der Waals surface area contributed by atoms with E-state index in [2.05, 4.69) is 4.90 Å². The lowest BCUT2D eigenvalue weighted by Crippen LogP contribution is -2.51. The number of carbonyl (C=O) groups excluding carboxylic acids is 2. The number of pyridine rings is 1. The van der Waals surface area contributed by atoms with E-state index in [1.165, 1.54) is 13.2 Å². The van der Waals surface area contributed by atoms with Crippen LogP contribution in [0.2, 0.25) is 0 Å². The lowest BCUT2D eigenvalue weighted by Gasteiger charge is -2.34. The molecule has 10 heteroatoms. The molecule has 34 heavy (non-hydrogen) atoms. The van der Waals surface area contributed by atoms with Crippen molar-refractivity contribution < 1.29 is 23.8 Å². The van der Waals surface area contributed by atoms with Gasteiger partial charge in [-0.05, 0) is 18.4 Å². The Bertz CT molecular complexity index is 1060. The maximum Gasteiger partial charge on any atom is 0.343 e. The molecule has 0 radical (unpaired) electrons. The van der Waals surface area contributed by atoms with Crippen molar-refractivity contribution in [1.82, 2.24) is 14.4 Å². The summed E-state index contributed by atoms with van der Waals surface area (Å²) in [5.74, 6) is -0.285. The van der Waals surface area contributed by atoms with Crippen LogP contribution in [0.15, 0.2) is 28.4 Å². The summed E-state index contributed by atoms with van der Waals surface area (Å²) in [5, 5.41) is 2.00. The van der Waals surface area contributed by atoms with Crippen molar-refractivity contribution >= 4 is 23.2 Å². The van der Waals surface area contributed by atoms with E-state index in [1.807, 2.05) is 24.4 Å². The van der Waals surface area contributed by atoms with Crippen LogP contribution in [0.5, 0.6) is 5.75 Å². The number of morpholine rings is 1. The van der Waals surface area contributed by atoms with Gasteiger partial charge < -0.3 is 23.7 Å². The number of aromatic nitrogens is 1. The van der Waals surface area contributed by atoms with Gasteiger partial charge in [0, 0.05) is 62.2 Å². The van der Waals surface area contributed by atoms with Gasteiger partial charge in [0.2, 0.25) is 5.91 Å². The zero-order valence-electron chi connectivity index (χ0n) is 19.7. The largest absolute Gasteiger partial charge is 0.492 e. The monoisotopic (exact) mass is 489 g/mol. The number of amides is 1. The maximum absolute atomic E-state index is 13.2. The minimum atomic E-state index is -0.545. The van der Waals surface area contributed by atoms with Gasteiger partial charge in [-0.2, -0.15) is 0 Å². The molecule has 1 saturated heterocycles. The predicted octanol–water partition coefficient (Wildman–Crippen LogP) is 1.42. The van der Waals surface area contributed by atoms with Crippen LogP contribution >= 0.6 is 11.3 Å². The van der Waals surface area contributed by atoms with Gasteiger partial charge in [0.25, 0.3) is 5.56 Å². The van der Waals surface area contributed by atoms with E-state index in [4.69, 9.17) is 14.2 Å². The summed E-state index contributed by atoms with van der Waals surface area (Å²) in [6.45, 7) is 6.07. The number of carbonyl (C=O) groups is 2. The molecular weight excluding hydrogens is 458 g/mol. The van der Waals surface area contributed by atoms with Gasteiger partial charge in [0.15, 0.2) is 0 Å². The smallest absolute Gasteiger partial charge is 0.343 e. The van der Waals surface area contributed by atoms with E-state index >= 15 is 0 Å². The molecule has 0 bridgehead atoms. The van der Waals surface area contributed by atoms with Crippen molar-refractivity contribution in [3.63, 3.8) is 0 Å². The number of rotatable bonds is 7. The SMILES string of the molecule is COC(=O)c1c(OCCc2cccs2)cc(=O)n2c1CCN(C(=O)C(C)N1CCOCC1)CC2. The van der Waals surface area contributed by atoms with Crippen LogP contribution in [0.4, 0.5) is 0 Å². The average Bonchev–Trinajstić information content (AvgIpc) is 3.28. The minimum absolute atomic E-state index is 0.0230. The summed E-state index contributed by atoms with van der Waals surface area (Å²) in [6.07, 6.45) is 1.04. The van der Waals surface area contributed by atoms with Gasteiger partial charge in [-0.3, -0.25) is 14.5 Å². The number of fused-ring (bicyclic) bond motifs is 1.